The molecule has 0 aromatic heterocycles. The molecule has 1 nitrogen and oxygen atoms in total. The number of hydrogen-bond donors (Lipinski definition) is 1. The molecule has 0 aromatic carbocycles. The molecule has 0 amide bonds. The second-order valence-corrected chi connectivity index (χ2v) is 0.316. The first-order valence-corrected chi connectivity index (χ1v) is 1.02. The average Bonchev–Trinajstić information content (AvgIpc) is 0.918. The van der Waals surface area contributed by atoms with Crippen LogP contribution in [0.1, 0.15) is 9.78 Å². The topological polar surface area (TPSA) is 20.2 Å². The summed E-state index contributed by atoms with van der Waals surface area (Å²) in [7, 11) is 0. The molecule has 0 saturated carbocycles. The first kappa shape index (κ1) is 16.0. The first-order valence-electron chi connectivity index (χ1n) is 1.02. The summed E-state index contributed by atoms with van der Waals surface area (Å²) in [6, 6.07) is 0. The van der Waals surface area contributed by atoms with E-state index in [9.17, 15) is 0 Å². The van der Waals surface area contributed by atoms with Gasteiger partial charge >= 0.3 is 37.7 Å². The minimum atomic E-state index is 0. The van der Waals surface area contributed by atoms with Crippen molar-refractivity contribution in [2.75, 3.05) is 6.61 Å². The van der Waals surface area contributed by atoms with Crippen LogP contribution in [0.5, 0.6) is 0 Å². The predicted octanol–water partition coefficient (Wildman–Crippen LogP) is 0.265. The quantitative estimate of drug-likeness (QED) is 0.460. The van der Waals surface area contributed by atoms with Gasteiger partial charge in [-0.2, -0.15) is 0 Å². The molecule has 0 radical (unpaired) electrons. The zero-order valence-corrected chi connectivity index (χ0v) is 6.29. The molecule has 32 valence electrons. The largest absolute Gasteiger partial charge is 2.00 e. The van der Waals surface area contributed by atoms with Gasteiger partial charge in [0.05, 0.1) is 0 Å². The standard InChI is InChI=1S/C2H6O.Ca.ClH.2H/c1-2-3;;;;/h3H,2H2,1H3;;1H;;/q;+2;;2*-1. The Balaban J connectivity index is -0.00000000333. The van der Waals surface area contributed by atoms with Gasteiger partial charge in [0.2, 0.25) is 0 Å². The molecule has 0 bridgehead atoms. The van der Waals surface area contributed by atoms with E-state index < -0.39 is 0 Å². The van der Waals surface area contributed by atoms with Gasteiger partial charge in [0.1, 0.15) is 0 Å². The number of rotatable bonds is 0. The van der Waals surface area contributed by atoms with Crippen LogP contribution in [-0.4, -0.2) is 49.5 Å². The smallest absolute Gasteiger partial charge is 1.00 e. The SMILES string of the molecule is CCO.Cl.[Ca+2].[H-].[H-]. The second-order valence-electron chi connectivity index (χ2n) is 0.316. The van der Waals surface area contributed by atoms with Gasteiger partial charge in [0.15, 0.2) is 0 Å². The van der Waals surface area contributed by atoms with E-state index in [1.54, 1.807) is 6.92 Å². The Morgan fingerprint density at radius 2 is 1.80 bits per heavy atom. The molecule has 3 heteroatoms. The molecule has 0 heterocycles. The van der Waals surface area contributed by atoms with Crippen molar-refractivity contribution < 1.29 is 7.96 Å². The van der Waals surface area contributed by atoms with Crippen molar-refractivity contribution >= 4 is 50.1 Å². The van der Waals surface area contributed by atoms with Gasteiger partial charge in [0, 0.05) is 6.61 Å². The summed E-state index contributed by atoms with van der Waals surface area (Å²) >= 11 is 0. The molecule has 0 unspecified atom stereocenters. The van der Waals surface area contributed by atoms with Gasteiger partial charge in [-0.05, 0) is 6.92 Å². The van der Waals surface area contributed by atoms with Crippen LogP contribution in [-0.2, 0) is 0 Å². The second kappa shape index (κ2) is 17.8. The van der Waals surface area contributed by atoms with Crippen molar-refractivity contribution in [3.63, 3.8) is 0 Å². The molecule has 0 aromatic rings. The Kier molecular flexibility index (Phi) is 57.1. The summed E-state index contributed by atoms with van der Waals surface area (Å²) in [4.78, 5) is 0. The molecular weight excluding hydrogens is 116 g/mol. The molecule has 0 rings (SSSR count). The van der Waals surface area contributed by atoms with Crippen molar-refractivity contribution in [2.24, 2.45) is 0 Å². The normalized spacial score (nSPS) is 3.60. The summed E-state index contributed by atoms with van der Waals surface area (Å²) in [6.45, 7) is 1.93. The predicted molar refractivity (Wildman–Crippen MR) is 28.0 cm³/mol. The molecule has 0 saturated heterocycles. The van der Waals surface area contributed by atoms with Crippen LogP contribution in [0.3, 0.4) is 0 Å². The van der Waals surface area contributed by atoms with Crippen molar-refractivity contribution in [1.82, 2.24) is 0 Å². The third-order valence-corrected chi connectivity index (χ3v) is 0. The maximum atomic E-state index is 7.57. The van der Waals surface area contributed by atoms with E-state index in [4.69, 9.17) is 5.11 Å². The van der Waals surface area contributed by atoms with Crippen LogP contribution in [0.15, 0.2) is 0 Å². The summed E-state index contributed by atoms with van der Waals surface area (Å²) < 4.78 is 0. The maximum Gasteiger partial charge on any atom is 2.00 e. The average molecular weight is 125 g/mol. The minimum Gasteiger partial charge on any atom is -1.00 e. The van der Waals surface area contributed by atoms with Crippen LogP contribution in [0.2, 0.25) is 0 Å². The van der Waals surface area contributed by atoms with E-state index in [1.807, 2.05) is 0 Å². The fourth-order valence-corrected chi connectivity index (χ4v) is 0. The summed E-state index contributed by atoms with van der Waals surface area (Å²) in [5, 5.41) is 7.57. The van der Waals surface area contributed by atoms with Crippen molar-refractivity contribution in [3.8, 4) is 0 Å². The zero-order chi connectivity index (χ0) is 2.71. The van der Waals surface area contributed by atoms with E-state index in [0.717, 1.165) is 0 Å². The zero-order valence-electron chi connectivity index (χ0n) is 5.27. The van der Waals surface area contributed by atoms with E-state index >= 15 is 0 Å². The van der Waals surface area contributed by atoms with Crippen molar-refractivity contribution in [2.45, 2.75) is 6.92 Å². The number of halogens is 1. The molecule has 1 N–H and O–H groups in total. The molecule has 5 heavy (non-hydrogen) atoms. The van der Waals surface area contributed by atoms with Crippen molar-refractivity contribution in [1.29, 1.82) is 0 Å². The summed E-state index contributed by atoms with van der Waals surface area (Å²) in [6.07, 6.45) is 0. The van der Waals surface area contributed by atoms with Crippen LogP contribution >= 0.6 is 12.4 Å². The van der Waals surface area contributed by atoms with Gasteiger partial charge in [-0.3, -0.25) is 0 Å². The van der Waals surface area contributed by atoms with Gasteiger partial charge in [-0.25, -0.2) is 0 Å². The van der Waals surface area contributed by atoms with E-state index in [1.165, 1.54) is 0 Å². The Bertz CT molecular complexity index is 15.7. The Hall–Kier alpha value is 1.51. The van der Waals surface area contributed by atoms with Gasteiger partial charge < -0.3 is 7.96 Å². The van der Waals surface area contributed by atoms with Crippen LogP contribution in [0, 0.1) is 0 Å². The van der Waals surface area contributed by atoms with Crippen LogP contribution in [0.4, 0.5) is 0 Å². The first-order chi connectivity index (χ1) is 1.41. The molecule has 0 atom stereocenters. The Morgan fingerprint density at radius 1 is 1.80 bits per heavy atom. The minimum absolute atomic E-state index is 0. The number of aliphatic hydroxyl groups is 1. The number of hydrogen-bond acceptors (Lipinski definition) is 1. The summed E-state index contributed by atoms with van der Waals surface area (Å²) in [5.41, 5.74) is 0. The molecule has 0 fully saturated rings. The molecule has 0 spiro atoms. The van der Waals surface area contributed by atoms with Crippen molar-refractivity contribution in [3.05, 3.63) is 0 Å². The fourth-order valence-electron chi connectivity index (χ4n) is 0. The third kappa shape index (κ3) is 29.8. The molecule has 0 aliphatic carbocycles. The van der Waals surface area contributed by atoms with Crippen LogP contribution < -0.4 is 0 Å². The van der Waals surface area contributed by atoms with E-state index in [0.29, 0.717) is 0 Å². The van der Waals surface area contributed by atoms with E-state index in [2.05, 4.69) is 0 Å². The van der Waals surface area contributed by atoms with Gasteiger partial charge in [-0.1, -0.05) is 0 Å². The molecule has 0 aliphatic heterocycles. The summed E-state index contributed by atoms with van der Waals surface area (Å²) in [5.74, 6) is 0. The number of aliphatic hydroxyl groups excluding tert-OH is 1. The maximum absolute atomic E-state index is 7.57. The third-order valence-electron chi connectivity index (χ3n) is 0. The fraction of sp³-hybridized carbons (Fsp3) is 1.00. The molecular formula is C2H9CaClO. The van der Waals surface area contributed by atoms with E-state index in [-0.39, 0.29) is 59.6 Å². The van der Waals surface area contributed by atoms with Gasteiger partial charge in [0.25, 0.3) is 0 Å². The Morgan fingerprint density at radius 3 is 1.80 bits per heavy atom. The van der Waals surface area contributed by atoms with Crippen LogP contribution in [0.25, 0.3) is 0 Å². The monoisotopic (exact) mass is 124 g/mol. The molecule has 0 aliphatic rings. The Labute approximate surface area is 71.1 Å². The van der Waals surface area contributed by atoms with Gasteiger partial charge in [-0.15, -0.1) is 12.4 Å².